The third-order valence-electron chi connectivity index (χ3n) is 3.37. The molecular formula is C13H24N4O. The van der Waals surface area contributed by atoms with Crippen molar-refractivity contribution in [1.82, 2.24) is 14.9 Å². The first kappa shape index (κ1) is 14.7. The molecule has 0 radical (unpaired) electrons. The van der Waals surface area contributed by atoms with Gasteiger partial charge in [-0.05, 0) is 12.8 Å². The van der Waals surface area contributed by atoms with Crippen LogP contribution in [0.15, 0.2) is 12.5 Å². The van der Waals surface area contributed by atoms with E-state index in [9.17, 15) is 4.79 Å². The average molecular weight is 252 g/mol. The molecule has 1 amide bonds. The molecule has 1 aromatic rings. The minimum atomic E-state index is -0.106. The van der Waals surface area contributed by atoms with Crippen LogP contribution in [0.2, 0.25) is 0 Å². The van der Waals surface area contributed by atoms with Gasteiger partial charge in [0.15, 0.2) is 0 Å². The zero-order valence-electron chi connectivity index (χ0n) is 11.5. The number of aromatic nitrogens is 2. The molecule has 1 heterocycles. The summed E-state index contributed by atoms with van der Waals surface area (Å²) in [5.41, 5.74) is 5.91. The zero-order chi connectivity index (χ0) is 13.5. The van der Waals surface area contributed by atoms with Crippen LogP contribution in [0.25, 0.3) is 0 Å². The number of imidazole rings is 1. The molecule has 1 unspecified atom stereocenters. The minimum absolute atomic E-state index is 0.106. The second kappa shape index (κ2) is 7.16. The van der Waals surface area contributed by atoms with Crippen molar-refractivity contribution in [1.29, 1.82) is 0 Å². The highest BCUT2D eigenvalue weighted by Gasteiger charge is 2.17. The van der Waals surface area contributed by atoms with Crippen LogP contribution < -0.4 is 11.1 Å². The van der Waals surface area contributed by atoms with E-state index < -0.39 is 0 Å². The summed E-state index contributed by atoms with van der Waals surface area (Å²) in [7, 11) is 0. The van der Waals surface area contributed by atoms with Gasteiger partial charge in [-0.2, -0.15) is 0 Å². The van der Waals surface area contributed by atoms with Gasteiger partial charge >= 0.3 is 0 Å². The molecule has 0 saturated carbocycles. The predicted molar refractivity (Wildman–Crippen MR) is 72.3 cm³/mol. The molecular weight excluding hydrogens is 228 g/mol. The van der Waals surface area contributed by atoms with Crippen molar-refractivity contribution in [2.45, 2.75) is 46.2 Å². The van der Waals surface area contributed by atoms with Gasteiger partial charge < -0.3 is 15.6 Å². The third kappa shape index (κ3) is 3.84. The van der Waals surface area contributed by atoms with E-state index in [1.807, 2.05) is 11.5 Å². The molecule has 5 heteroatoms. The maximum absolute atomic E-state index is 12.0. The number of hydrogen-bond donors (Lipinski definition) is 2. The van der Waals surface area contributed by atoms with Crippen LogP contribution >= 0.6 is 0 Å². The molecule has 0 aliphatic carbocycles. The van der Waals surface area contributed by atoms with Gasteiger partial charge in [0.1, 0.15) is 5.69 Å². The lowest BCUT2D eigenvalue weighted by Gasteiger charge is -2.21. The Hall–Kier alpha value is -1.36. The standard InChI is InChI=1S/C13H24N4O/c1-4-11(5-2)10(3)16-13(18)12-8-17(7-6-14)9-15-12/h8-11H,4-7,14H2,1-3H3,(H,16,18). The van der Waals surface area contributed by atoms with Crippen molar-refractivity contribution < 1.29 is 4.79 Å². The number of hydrogen-bond acceptors (Lipinski definition) is 3. The van der Waals surface area contributed by atoms with Crippen molar-refractivity contribution in [3.05, 3.63) is 18.2 Å². The Morgan fingerprint density at radius 2 is 2.17 bits per heavy atom. The molecule has 0 bridgehead atoms. The molecule has 1 atom stereocenters. The van der Waals surface area contributed by atoms with E-state index in [1.54, 1.807) is 12.5 Å². The lowest BCUT2D eigenvalue weighted by Crippen LogP contribution is -2.37. The molecule has 0 aromatic carbocycles. The number of nitrogens with one attached hydrogen (secondary N) is 1. The topological polar surface area (TPSA) is 72.9 Å². The lowest BCUT2D eigenvalue weighted by molar-refractivity contribution is 0.0920. The highest BCUT2D eigenvalue weighted by molar-refractivity contribution is 5.92. The number of carbonyl (C=O) groups excluding carboxylic acids is 1. The molecule has 18 heavy (non-hydrogen) atoms. The van der Waals surface area contributed by atoms with Crippen LogP contribution in [0, 0.1) is 5.92 Å². The summed E-state index contributed by atoms with van der Waals surface area (Å²) in [6.07, 6.45) is 5.52. The van der Waals surface area contributed by atoms with Gasteiger partial charge in [-0.15, -0.1) is 0 Å². The summed E-state index contributed by atoms with van der Waals surface area (Å²) in [5, 5.41) is 3.01. The molecule has 1 rings (SSSR count). The van der Waals surface area contributed by atoms with E-state index in [-0.39, 0.29) is 11.9 Å². The van der Waals surface area contributed by atoms with Crippen LogP contribution in [0.4, 0.5) is 0 Å². The summed E-state index contributed by atoms with van der Waals surface area (Å²) in [4.78, 5) is 16.1. The summed E-state index contributed by atoms with van der Waals surface area (Å²) < 4.78 is 1.83. The normalized spacial score (nSPS) is 12.7. The largest absolute Gasteiger partial charge is 0.348 e. The van der Waals surface area contributed by atoms with Crippen molar-refractivity contribution in [2.75, 3.05) is 6.54 Å². The summed E-state index contributed by atoms with van der Waals surface area (Å²) >= 11 is 0. The fourth-order valence-corrected chi connectivity index (χ4v) is 2.14. The Balaban J connectivity index is 2.58. The Bertz CT molecular complexity index is 371. The molecule has 0 aliphatic heterocycles. The van der Waals surface area contributed by atoms with Crippen LogP contribution in [0.5, 0.6) is 0 Å². The fraction of sp³-hybridized carbons (Fsp3) is 0.692. The number of rotatable bonds is 7. The van der Waals surface area contributed by atoms with Gasteiger partial charge in [0.2, 0.25) is 0 Å². The van der Waals surface area contributed by atoms with Crippen LogP contribution in [-0.2, 0) is 6.54 Å². The van der Waals surface area contributed by atoms with E-state index >= 15 is 0 Å². The SMILES string of the molecule is CCC(CC)C(C)NC(=O)c1cn(CCN)cn1. The minimum Gasteiger partial charge on any atom is -0.348 e. The number of carbonyl (C=O) groups is 1. The molecule has 0 aliphatic rings. The summed E-state index contributed by atoms with van der Waals surface area (Å²) in [6.45, 7) is 7.57. The van der Waals surface area contributed by atoms with Gasteiger partial charge in [0.05, 0.1) is 6.33 Å². The number of nitrogens with zero attached hydrogens (tertiary/aromatic N) is 2. The van der Waals surface area contributed by atoms with E-state index in [4.69, 9.17) is 5.73 Å². The van der Waals surface area contributed by atoms with Crippen LogP contribution in [0.3, 0.4) is 0 Å². The molecule has 3 N–H and O–H groups in total. The monoisotopic (exact) mass is 252 g/mol. The molecule has 102 valence electrons. The van der Waals surface area contributed by atoms with Crippen LogP contribution in [0.1, 0.15) is 44.1 Å². The Morgan fingerprint density at radius 3 is 2.72 bits per heavy atom. The second-order valence-electron chi connectivity index (χ2n) is 4.62. The van der Waals surface area contributed by atoms with E-state index in [0.29, 0.717) is 24.7 Å². The van der Waals surface area contributed by atoms with Gasteiger partial charge in [-0.3, -0.25) is 4.79 Å². The lowest BCUT2D eigenvalue weighted by atomic mass is 9.95. The van der Waals surface area contributed by atoms with Gasteiger partial charge in [0.25, 0.3) is 5.91 Å². The quantitative estimate of drug-likeness (QED) is 0.770. The fourth-order valence-electron chi connectivity index (χ4n) is 2.14. The van der Waals surface area contributed by atoms with E-state index in [2.05, 4.69) is 24.1 Å². The summed E-state index contributed by atoms with van der Waals surface area (Å²) in [5.74, 6) is 0.408. The van der Waals surface area contributed by atoms with Gasteiger partial charge in [-0.1, -0.05) is 26.7 Å². The second-order valence-corrected chi connectivity index (χ2v) is 4.62. The first-order valence-corrected chi connectivity index (χ1v) is 6.65. The van der Waals surface area contributed by atoms with Crippen molar-refractivity contribution in [3.8, 4) is 0 Å². The molecule has 0 saturated heterocycles. The Labute approximate surface area is 109 Å². The molecule has 0 fully saturated rings. The summed E-state index contributed by atoms with van der Waals surface area (Å²) in [6, 6.07) is 0.173. The predicted octanol–water partition coefficient (Wildman–Crippen LogP) is 1.40. The van der Waals surface area contributed by atoms with Crippen molar-refractivity contribution in [3.63, 3.8) is 0 Å². The Kier molecular flexibility index (Phi) is 5.85. The third-order valence-corrected chi connectivity index (χ3v) is 3.37. The zero-order valence-corrected chi connectivity index (χ0v) is 11.5. The van der Waals surface area contributed by atoms with Gasteiger partial charge in [0, 0.05) is 25.3 Å². The van der Waals surface area contributed by atoms with Gasteiger partial charge in [-0.25, -0.2) is 4.98 Å². The molecule has 0 spiro atoms. The maximum Gasteiger partial charge on any atom is 0.271 e. The average Bonchev–Trinajstić information content (AvgIpc) is 2.79. The maximum atomic E-state index is 12.0. The van der Waals surface area contributed by atoms with E-state index in [0.717, 1.165) is 12.8 Å². The molecule has 5 nitrogen and oxygen atoms in total. The van der Waals surface area contributed by atoms with E-state index in [1.165, 1.54) is 0 Å². The highest BCUT2D eigenvalue weighted by Crippen LogP contribution is 2.13. The Morgan fingerprint density at radius 1 is 1.50 bits per heavy atom. The molecule has 1 aromatic heterocycles. The number of amides is 1. The highest BCUT2D eigenvalue weighted by atomic mass is 16.2. The van der Waals surface area contributed by atoms with Crippen molar-refractivity contribution in [2.24, 2.45) is 11.7 Å². The first-order chi connectivity index (χ1) is 8.62. The number of nitrogens with two attached hydrogens (primary N) is 1. The first-order valence-electron chi connectivity index (χ1n) is 6.65. The van der Waals surface area contributed by atoms with Crippen molar-refractivity contribution >= 4 is 5.91 Å². The van der Waals surface area contributed by atoms with Crippen LogP contribution in [-0.4, -0.2) is 28.0 Å². The smallest absolute Gasteiger partial charge is 0.271 e.